The number of benzene rings is 3. The van der Waals surface area contributed by atoms with Gasteiger partial charge in [-0.3, -0.25) is 4.90 Å². The monoisotopic (exact) mass is 428 g/mol. The van der Waals surface area contributed by atoms with E-state index in [9.17, 15) is 0 Å². The summed E-state index contributed by atoms with van der Waals surface area (Å²) in [4.78, 5) is 12.2. The van der Waals surface area contributed by atoms with Crippen LogP contribution in [0.5, 0.6) is 0 Å². The lowest BCUT2D eigenvalue weighted by molar-refractivity contribution is 0.211. The number of halogens is 1. The van der Waals surface area contributed by atoms with Crippen molar-refractivity contribution in [2.45, 2.75) is 25.4 Å². The third kappa shape index (κ3) is 4.71. The zero-order valence-electron chi connectivity index (χ0n) is 17.3. The highest BCUT2D eigenvalue weighted by molar-refractivity contribution is 6.30. The summed E-state index contributed by atoms with van der Waals surface area (Å²) in [6.45, 7) is 3.18. The van der Waals surface area contributed by atoms with Crippen LogP contribution < -0.4 is 5.32 Å². The summed E-state index contributed by atoms with van der Waals surface area (Å²) in [6.07, 6.45) is 2.20. The van der Waals surface area contributed by atoms with Crippen molar-refractivity contribution in [3.05, 3.63) is 89.4 Å². The van der Waals surface area contributed by atoms with E-state index in [4.69, 9.17) is 21.6 Å². The molecule has 5 heteroatoms. The van der Waals surface area contributed by atoms with Crippen molar-refractivity contribution in [3.8, 4) is 11.4 Å². The molecule has 0 amide bonds. The second-order valence-corrected chi connectivity index (χ2v) is 8.54. The zero-order valence-corrected chi connectivity index (χ0v) is 18.1. The smallest absolute Gasteiger partial charge is 0.162 e. The van der Waals surface area contributed by atoms with Crippen LogP contribution in [-0.2, 0) is 6.54 Å². The van der Waals surface area contributed by atoms with Gasteiger partial charge in [-0.1, -0.05) is 54.1 Å². The quantitative estimate of drug-likeness (QED) is 0.421. The normalized spacial score (nSPS) is 15.3. The fourth-order valence-electron chi connectivity index (χ4n) is 4.19. The Morgan fingerprint density at radius 2 is 1.55 bits per heavy atom. The average Bonchev–Trinajstić information content (AvgIpc) is 2.81. The number of hydrogen-bond acceptors (Lipinski definition) is 4. The molecule has 156 valence electrons. The van der Waals surface area contributed by atoms with E-state index >= 15 is 0 Å². The lowest BCUT2D eigenvalue weighted by Gasteiger charge is -2.32. The van der Waals surface area contributed by atoms with Gasteiger partial charge in [0.05, 0.1) is 5.52 Å². The molecule has 4 aromatic rings. The van der Waals surface area contributed by atoms with Crippen LogP contribution in [0.1, 0.15) is 18.4 Å². The molecule has 3 aromatic carbocycles. The standard InChI is InChI=1S/C26H25ClN4/c27-21-12-10-20(11-13-21)25-29-24-9-5-4-8-23(24)26(30-25)28-22-14-16-31(17-15-22)18-19-6-2-1-3-7-19/h1-13,22H,14-18H2,(H,28,29,30). The minimum atomic E-state index is 0.406. The largest absolute Gasteiger partial charge is 0.367 e. The number of rotatable bonds is 5. The molecule has 1 fully saturated rings. The molecule has 0 atom stereocenters. The molecule has 0 aliphatic carbocycles. The molecule has 1 aromatic heterocycles. The molecule has 5 rings (SSSR count). The maximum absolute atomic E-state index is 6.06. The number of aromatic nitrogens is 2. The summed E-state index contributed by atoms with van der Waals surface area (Å²) in [7, 11) is 0. The van der Waals surface area contributed by atoms with Crippen molar-refractivity contribution in [2.24, 2.45) is 0 Å². The van der Waals surface area contributed by atoms with Gasteiger partial charge in [0, 0.05) is 41.6 Å². The Morgan fingerprint density at radius 3 is 2.32 bits per heavy atom. The molecule has 1 aliphatic rings. The second kappa shape index (κ2) is 9.04. The first-order valence-corrected chi connectivity index (χ1v) is 11.2. The van der Waals surface area contributed by atoms with Gasteiger partial charge < -0.3 is 5.32 Å². The van der Waals surface area contributed by atoms with Gasteiger partial charge in [0.15, 0.2) is 5.82 Å². The summed E-state index contributed by atoms with van der Waals surface area (Å²) in [5.74, 6) is 1.64. The molecule has 1 saturated heterocycles. The zero-order chi connectivity index (χ0) is 21.0. The van der Waals surface area contributed by atoms with E-state index in [0.29, 0.717) is 11.1 Å². The number of likely N-dealkylation sites (tertiary alicyclic amines) is 1. The van der Waals surface area contributed by atoms with Gasteiger partial charge in [0.2, 0.25) is 0 Å². The first kappa shape index (κ1) is 20.0. The minimum Gasteiger partial charge on any atom is -0.367 e. The predicted molar refractivity (Wildman–Crippen MR) is 128 cm³/mol. The number of hydrogen-bond donors (Lipinski definition) is 1. The Kier molecular flexibility index (Phi) is 5.83. The summed E-state index contributed by atoms with van der Waals surface area (Å²) < 4.78 is 0. The van der Waals surface area contributed by atoms with E-state index in [1.165, 1.54) is 5.56 Å². The highest BCUT2D eigenvalue weighted by Crippen LogP contribution is 2.27. The molecule has 1 N–H and O–H groups in total. The lowest BCUT2D eigenvalue weighted by Crippen LogP contribution is -2.38. The summed E-state index contributed by atoms with van der Waals surface area (Å²) in [5, 5.41) is 5.50. The molecule has 0 spiro atoms. The first-order valence-electron chi connectivity index (χ1n) is 10.8. The number of anilines is 1. The van der Waals surface area contributed by atoms with Crippen LogP contribution >= 0.6 is 11.6 Å². The number of para-hydroxylation sites is 1. The minimum absolute atomic E-state index is 0.406. The average molecular weight is 429 g/mol. The van der Waals surface area contributed by atoms with E-state index in [2.05, 4.69) is 46.6 Å². The van der Waals surface area contributed by atoms with E-state index in [-0.39, 0.29) is 0 Å². The SMILES string of the molecule is Clc1ccc(-c2nc(NC3CCN(Cc4ccccc4)CC3)c3ccccc3n2)cc1. The van der Waals surface area contributed by atoms with Crippen LogP contribution in [0.4, 0.5) is 5.82 Å². The van der Waals surface area contributed by atoms with Crippen LogP contribution in [0, 0.1) is 0 Å². The van der Waals surface area contributed by atoms with Crippen molar-refractivity contribution < 1.29 is 0 Å². The third-order valence-electron chi connectivity index (χ3n) is 5.88. The summed E-state index contributed by atoms with van der Waals surface area (Å²) in [5.41, 5.74) is 3.30. The lowest BCUT2D eigenvalue weighted by atomic mass is 10.0. The Labute approximate surface area is 187 Å². The highest BCUT2D eigenvalue weighted by Gasteiger charge is 2.21. The van der Waals surface area contributed by atoms with Gasteiger partial charge in [-0.15, -0.1) is 0 Å². The summed E-state index contributed by atoms with van der Waals surface area (Å²) in [6, 6.07) is 27.0. The molecule has 2 heterocycles. The number of nitrogens with one attached hydrogen (secondary N) is 1. The third-order valence-corrected chi connectivity index (χ3v) is 6.14. The molecule has 0 bridgehead atoms. The van der Waals surface area contributed by atoms with E-state index in [0.717, 1.165) is 60.6 Å². The molecular weight excluding hydrogens is 404 g/mol. The van der Waals surface area contributed by atoms with Gasteiger partial charge in [-0.2, -0.15) is 0 Å². The van der Waals surface area contributed by atoms with Crippen LogP contribution in [0.3, 0.4) is 0 Å². The Balaban J connectivity index is 1.33. The molecule has 0 saturated carbocycles. The van der Waals surface area contributed by atoms with Crippen LogP contribution in [0.25, 0.3) is 22.3 Å². The van der Waals surface area contributed by atoms with E-state index in [1.54, 1.807) is 0 Å². The van der Waals surface area contributed by atoms with Crippen LogP contribution in [-0.4, -0.2) is 34.0 Å². The van der Waals surface area contributed by atoms with Crippen LogP contribution in [0.2, 0.25) is 5.02 Å². The van der Waals surface area contributed by atoms with Crippen molar-refractivity contribution in [1.29, 1.82) is 0 Å². The van der Waals surface area contributed by atoms with Crippen molar-refractivity contribution in [2.75, 3.05) is 18.4 Å². The fourth-order valence-corrected chi connectivity index (χ4v) is 4.31. The number of piperidine rings is 1. The molecule has 0 radical (unpaired) electrons. The van der Waals surface area contributed by atoms with E-state index < -0.39 is 0 Å². The molecule has 31 heavy (non-hydrogen) atoms. The molecular formula is C26H25ClN4. The summed E-state index contributed by atoms with van der Waals surface area (Å²) >= 11 is 6.06. The van der Waals surface area contributed by atoms with Gasteiger partial charge in [0.25, 0.3) is 0 Å². The van der Waals surface area contributed by atoms with Gasteiger partial charge in [-0.25, -0.2) is 9.97 Å². The molecule has 1 aliphatic heterocycles. The Morgan fingerprint density at radius 1 is 0.839 bits per heavy atom. The van der Waals surface area contributed by atoms with Gasteiger partial charge in [0.1, 0.15) is 5.82 Å². The second-order valence-electron chi connectivity index (χ2n) is 8.10. The Hall–Kier alpha value is -2.95. The first-order chi connectivity index (χ1) is 15.2. The molecule has 0 unspecified atom stereocenters. The predicted octanol–water partition coefficient (Wildman–Crippen LogP) is 6.03. The van der Waals surface area contributed by atoms with Crippen molar-refractivity contribution in [1.82, 2.24) is 14.9 Å². The Bertz CT molecular complexity index is 1150. The fraction of sp³-hybridized carbons (Fsp3) is 0.231. The number of nitrogens with zero attached hydrogens (tertiary/aromatic N) is 3. The van der Waals surface area contributed by atoms with Crippen LogP contribution in [0.15, 0.2) is 78.9 Å². The van der Waals surface area contributed by atoms with Gasteiger partial charge in [-0.05, 0) is 54.8 Å². The van der Waals surface area contributed by atoms with Crippen molar-refractivity contribution in [3.63, 3.8) is 0 Å². The maximum Gasteiger partial charge on any atom is 0.162 e. The maximum atomic E-state index is 6.06. The van der Waals surface area contributed by atoms with Gasteiger partial charge >= 0.3 is 0 Å². The van der Waals surface area contributed by atoms with E-state index in [1.807, 2.05) is 42.5 Å². The van der Waals surface area contributed by atoms with Crippen molar-refractivity contribution >= 4 is 28.3 Å². The topological polar surface area (TPSA) is 41.1 Å². The number of fused-ring (bicyclic) bond motifs is 1. The molecule has 4 nitrogen and oxygen atoms in total. The highest BCUT2D eigenvalue weighted by atomic mass is 35.5.